The van der Waals surface area contributed by atoms with E-state index < -0.39 is 11.4 Å². The summed E-state index contributed by atoms with van der Waals surface area (Å²) in [5.74, 6) is 0.642. The number of rotatable bonds is 10. The smallest absolute Gasteiger partial charge is 0.163 e. The molecule has 1 aliphatic heterocycles. The van der Waals surface area contributed by atoms with E-state index in [-0.39, 0.29) is 42.3 Å². The van der Waals surface area contributed by atoms with E-state index in [0.29, 0.717) is 46.4 Å². The second kappa shape index (κ2) is 10.9. The van der Waals surface area contributed by atoms with Gasteiger partial charge in [-0.3, -0.25) is 4.79 Å². The van der Waals surface area contributed by atoms with Gasteiger partial charge >= 0.3 is 0 Å². The van der Waals surface area contributed by atoms with Gasteiger partial charge in [-0.1, -0.05) is 25.4 Å². The van der Waals surface area contributed by atoms with Crippen LogP contribution >= 0.6 is 11.6 Å². The van der Waals surface area contributed by atoms with Gasteiger partial charge in [-0.2, -0.15) is 0 Å². The fourth-order valence-corrected chi connectivity index (χ4v) is 4.55. The Morgan fingerprint density at radius 1 is 1.21 bits per heavy atom. The van der Waals surface area contributed by atoms with Crippen molar-refractivity contribution in [3.8, 4) is 28.5 Å². The molecule has 9 heteroatoms. The third-order valence-electron chi connectivity index (χ3n) is 6.70. The number of benzene rings is 2. The van der Waals surface area contributed by atoms with Crippen molar-refractivity contribution in [2.24, 2.45) is 0 Å². The number of carbonyl (C=O) groups excluding carboxylic acids is 1. The summed E-state index contributed by atoms with van der Waals surface area (Å²) in [6, 6.07) is 11.0. The molecule has 0 bridgehead atoms. The zero-order valence-electron chi connectivity index (χ0n) is 21.8. The van der Waals surface area contributed by atoms with Gasteiger partial charge in [0.2, 0.25) is 0 Å². The van der Waals surface area contributed by atoms with Gasteiger partial charge in [0, 0.05) is 28.5 Å². The van der Waals surface area contributed by atoms with Crippen LogP contribution in [0.4, 0.5) is 4.39 Å². The molecule has 0 aliphatic carbocycles. The van der Waals surface area contributed by atoms with Crippen LogP contribution in [0, 0.1) is 5.82 Å². The van der Waals surface area contributed by atoms with Crippen LogP contribution in [0.1, 0.15) is 55.2 Å². The van der Waals surface area contributed by atoms with Crippen LogP contribution in [0.5, 0.6) is 17.2 Å². The molecule has 7 nitrogen and oxygen atoms in total. The lowest BCUT2D eigenvalue weighted by Crippen LogP contribution is -2.25. The largest absolute Gasteiger partial charge is 0.493 e. The maximum absolute atomic E-state index is 13.8. The zero-order valence-corrected chi connectivity index (χ0v) is 22.6. The Kier molecular flexibility index (Phi) is 7.97. The highest BCUT2D eigenvalue weighted by Crippen LogP contribution is 2.46. The number of hydrogen-bond acceptors (Lipinski definition) is 7. The fraction of sp³-hybridized carbons (Fsp3) is 0.379. The molecule has 202 valence electrons. The number of pyridine rings is 1. The van der Waals surface area contributed by atoms with Crippen molar-refractivity contribution < 1.29 is 33.6 Å². The Hall–Kier alpha value is -3.20. The van der Waals surface area contributed by atoms with Crippen LogP contribution in [0.3, 0.4) is 0 Å². The molecule has 0 saturated carbocycles. The van der Waals surface area contributed by atoms with Crippen LogP contribution in [0.15, 0.2) is 42.5 Å². The number of ketones is 1. The Labute approximate surface area is 226 Å². The number of methoxy groups -OCH3 is 1. The summed E-state index contributed by atoms with van der Waals surface area (Å²) in [5, 5.41) is 20.4. The Morgan fingerprint density at radius 2 is 1.97 bits per heavy atom. The highest BCUT2D eigenvalue weighted by atomic mass is 35.5. The minimum Gasteiger partial charge on any atom is -0.493 e. The number of carbonyl (C=O) groups is 1. The number of halogens is 2. The van der Waals surface area contributed by atoms with Crippen molar-refractivity contribution in [3.63, 3.8) is 0 Å². The number of fused-ring (bicyclic) bond motifs is 1. The summed E-state index contributed by atoms with van der Waals surface area (Å²) in [4.78, 5) is 17.7. The highest BCUT2D eigenvalue weighted by molar-refractivity contribution is 6.31. The van der Waals surface area contributed by atoms with Gasteiger partial charge in [0.15, 0.2) is 17.3 Å². The maximum atomic E-state index is 13.8. The number of Topliss-reactive ketones (excluding diaryl/α,β-unsaturated/α-hetero) is 1. The second-order valence-electron chi connectivity index (χ2n) is 10.2. The summed E-state index contributed by atoms with van der Waals surface area (Å²) in [6.07, 6.45) is 0.150. The predicted molar refractivity (Wildman–Crippen MR) is 142 cm³/mol. The molecule has 3 aromatic rings. The van der Waals surface area contributed by atoms with Crippen LogP contribution in [0.25, 0.3) is 11.3 Å². The van der Waals surface area contributed by atoms with Gasteiger partial charge in [-0.25, -0.2) is 9.37 Å². The lowest BCUT2D eigenvalue weighted by molar-refractivity contribution is 0.0396. The van der Waals surface area contributed by atoms with Gasteiger partial charge in [0.05, 0.1) is 31.0 Å². The zero-order chi connectivity index (χ0) is 27.7. The summed E-state index contributed by atoms with van der Waals surface area (Å²) < 4.78 is 30.6. The van der Waals surface area contributed by atoms with Gasteiger partial charge in [0.1, 0.15) is 29.5 Å². The van der Waals surface area contributed by atoms with E-state index in [2.05, 4.69) is 0 Å². The molecule has 1 unspecified atom stereocenters. The molecule has 0 fully saturated rings. The van der Waals surface area contributed by atoms with Crippen molar-refractivity contribution in [2.75, 3.05) is 26.9 Å². The molecular formula is C29H31ClFNO6. The number of aliphatic hydroxyl groups is 2. The van der Waals surface area contributed by atoms with E-state index in [4.69, 9.17) is 35.9 Å². The van der Waals surface area contributed by atoms with Gasteiger partial charge in [-0.05, 0) is 55.8 Å². The van der Waals surface area contributed by atoms with Crippen molar-refractivity contribution in [1.82, 2.24) is 4.98 Å². The molecule has 1 atom stereocenters. The SMILES string of the molecule is COc1cc(C(=O)CCC(C)(O)c2cc3c(c(-c4ccc(F)c(Cl)c4)n2)OCC3(C)C)ccc1OCCO. The number of ether oxygens (including phenoxy) is 3. The topological polar surface area (TPSA) is 98.1 Å². The maximum Gasteiger partial charge on any atom is 0.163 e. The summed E-state index contributed by atoms with van der Waals surface area (Å²) in [6.45, 7) is 6.07. The lowest BCUT2D eigenvalue weighted by atomic mass is 9.83. The molecule has 38 heavy (non-hydrogen) atoms. The van der Waals surface area contributed by atoms with Crippen molar-refractivity contribution in [2.45, 2.75) is 44.6 Å². The normalized spacial score (nSPS) is 15.4. The average molecular weight is 544 g/mol. The third kappa shape index (κ3) is 5.62. The summed E-state index contributed by atoms with van der Waals surface area (Å²) in [5.41, 5.74) is 0.891. The van der Waals surface area contributed by atoms with Crippen LogP contribution in [-0.4, -0.2) is 47.9 Å². The van der Waals surface area contributed by atoms with E-state index in [1.165, 1.54) is 19.2 Å². The predicted octanol–water partition coefficient (Wildman–Crippen LogP) is 5.46. The van der Waals surface area contributed by atoms with Gasteiger partial charge < -0.3 is 24.4 Å². The Bertz CT molecular complexity index is 1360. The number of aromatic nitrogens is 1. The Balaban J connectivity index is 1.62. The van der Waals surface area contributed by atoms with Crippen molar-refractivity contribution >= 4 is 17.4 Å². The van der Waals surface area contributed by atoms with E-state index in [1.807, 2.05) is 19.9 Å². The monoisotopic (exact) mass is 543 g/mol. The quantitative estimate of drug-likeness (QED) is 0.328. The van der Waals surface area contributed by atoms with E-state index in [1.54, 1.807) is 31.2 Å². The molecule has 4 rings (SSSR count). The minimum absolute atomic E-state index is 0.0405. The molecule has 0 spiro atoms. The molecule has 0 radical (unpaired) electrons. The first kappa shape index (κ1) is 27.8. The van der Waals surface area contributed by atoms with E-state index >= 15 is 0 Å². The molecule has 0 amide bonds. The second-order valence-corrected chi connectivity index (χ2v) is 10.6. The lowest BCUT2D eigenvalue weighted by Gasteiger charge is -2.25. The standard InChI is InChI=1S/C29H31ClFNO6/c1-28(2)16-38-27-19(28)15-25(32-26(27)18-5-7-21(31)20(30)13-18)29(3,35)10-9-22(34)17-6-8-23(37-12-11-33)24(14-17)36-4/h5-8,13-15,33,35H,9-12,16H2,1-4H3. The number of nitrogens with zero attached hydrogens (tertiary/aromatic N) is 1. The molecule has 2 N–H and O–H groups in total. The van der Waals surface area contributed by atoms with E-state index in [0.717, 1.165) is 5.56 Å². The first-order valence-electron chi connectivity index (χ1n) is 12.3. The molecule has 1 aliphatic rings. The number of aliphatic hydroxyl groups excluding tert-OH is 1. The molecule has 2 aromatic carbocycles. The molecular weight excluding hydrogens is 513 g/mol. The van der Waals surface area contributed by atoms with Crippen molar-refractivity contribution in [3.05, 3.63) is 70.1 Å². The summed E-state index contributed by atoms with van der Waals surface area (Å²) >= 11 is 6.04. The fourth-order valence-electron chi connectivity index (χ4n) is 4.37. The van der Waals surface area contributed by atoms with Crippen LogP contribution < -0.4 is 14.2 Å². The first-order valence-corrected chi connectivity index (χ1v) is 12.7. The average Bonchev–Trinajstić information content (AvgIpc) is 3.21. The molecule has 1 aromatic heterocycles. The van der Waals surface area contributed by atoms with Crippen molar-refractivity contribution in [1.29, 1.82) is 0 Å². The molecule has 0 saturated heterocycles. The van der Waals surface area contributed by atoms with Gasteiger partial charge in [0.25, 0.3) is 0 Å². The summed E-state index contributed by atoms with van der Waals surface area (Å²) in [7, 11) is 1.47. The minimum atomic E-state index is -1.45. The number of hydrogen-bond donors (Lipinski definition) is 2. The highest BCUT2D eigenvalue weighted by Gasteiger charge is 2.38. The van der Waals surface area contributed by atoms with Crippen LogP contribution in [0.2, 0.25) is 5.02 Å². The van der Waals surface area contributed by atoms with Crippen LogP contribution in [-0.2, 0) is 11.0 Å². The first-order chi connectivity index (χ1) is 18.0. The Morgan fingerprint density at radius 3 is 2.66 bits per heavy atom. The molecule has 2 heterocycles. The van der Waals surface area contributed by atoms with Gasteiger partial charge in [-0.15, -0.1) is 0 Å². The third-order valence-corrected chi connectivity index (χ3v) is 6.99. The van der Waals surface area contributed by atoms with E-state index in [9.17, 15) is 14.3 Å².